The van der Waals surface area contributed by atoms with E-state index < -0.39 is 9.84 Å². The van der Waals surface area contributed by atoms with Crippen LogP contribution in [0.4, 0.5) is 5.69 Å². The smallest absolute Gasteiger partial charge is 0.154 e. The normalized spacial score (nSPS) is 11.3. The van der Waals surface area contributed by atoms with Gasteiger partial charge in [0, 0.05) is 6.54 Å². The lowest BCUT2D eigenvalue weighted by Gasteiger charge is -2.10. The van der Waals surface area contributed by atoms with Crippen molar-refractivity contribution in [2.75, 3.05) is 17.6 Å². The molecule has 0 unspecified atom stereocenters. The van der Waals surface area contributed by atoms with Crippen LogP contribution in [-0.4, -0.2) is 26.0 Å². The van der Waals surface area contributed by atoms with Crippen LogP contribution in [0.1, 0.15) is 19.4 Å². The fraction of sp³-hybridized carbons (Fsp3) is 0.417. The molecule has 98 valence electrons. The number of sulfone groups is 1. The van der Waals surface area contributed by atoms with Crippen LogP contribution >= 0.6 is 11.6 Å². The van der Waals surface area contributed by atoms with Crippen LogP contribution in [0.5, 0.6) is 0 Å². The maximum atomic E-state index is 11.6. The quantitative estimate of drug-likeness (QED) is 0.902. The number of rotatable bonds is 5. The number of hydrogen-bond donors (Lipinski definition) is 1. The van der Waals surface area contributed by atoms with Gasteiger partial charge in [0.15, 0.2) is 9.84 Å². The van der Waals surface area contributed by atoms with Crippen molar-refractivity contribution in [1.29, 1.82) is 5.26 Å². The van der Waals surface area contributed by atoms with Gasteiger partial charge < -0.3 is 5.32 Å². The summed E-state index contributed by atoms with van der Waals surface area (Å²) in [6.07, 6.45) is 0. The van der Waals surface area contributed by atoms with E-state index in [1.807, 2.05) is 6.07 Å². The van der Waals surface area contributed by atoms with E-state index in [4.69, 9.17) is 16.9 Å². The summed E-state index contributed by atoms with van der Waals surface area (Å²) in [6.45, 7) is 3.61. The summed E-state index contributed by atoms with van der Waals surface area (Å²) in [5.74, 6) is 0.0565. The molecule has 6 heteroatoms. The van der Waals surface area contributed by atoms with Crippen LogP contribution in [0, 0.1) is 11.3 Å². The zero-order valence-electron chi connectivity index (χ0n) is 10.3. The van der Waals surface area contributed by atoms with Crippen molar-refractivity contribution in [2.24, 2.45) is 0 Å². The summed E-state index contributed by atoms with van der Waals surface area (Å²) >= 11 is 5.96. The third kappa shape index (κ3) is 3.90. The van der Waals surface area contributed by atoms with Crippen molar-refractivity contribution in [3.63, 3.8) is 0 Å². The highest BCUT2D eigenvalue weighted by Gasteiger charge is 2.15. The monoisotopic (exact) mass is 286 g/mol. The van der Waals surface area contributed by atoms with Gasteiger partial charge in [-0.2, -0.15) is 5.26 Å². The van der Waals surface area contributed by atoms with Gasteiger partial charge in [-0.05, 0) is 32.0 Å². The lowest BCUT2D eigenvalue weighted by molar-refractivity contribution is 0.588. The average molecular weight is 287 g/mol. The Labute approximate surface area is 112 Å². The van der Waals surface area contributed by atoms with Crippen LogP contribution in [0.15, 0.2) is 18.2 Å². The molecule has 0 aliphatic heterocycles. The van der Waals surface area contributed by atoms with Gasteiger partial charge >= 0.3 is 0 Å². The fourth-order valence-corrected chi connectivity index (χ4v) is 2.40. The molecule has 1 rings (SSSR count). The van der Waals surface area contributed by atoms with Crippen LogP contribution < -0.4 is 5.32 Å². The van der Waals surface area contributed by atoms with Crippen molar-refractivity contribution < 1.29 is 8.42 Å². The average Bonchev–Trinajstić information content (AvgIpc) is 2.30. The maximum Gasteiger partial charge on any atom is 0.154 e. The van der Waals surface area contributed by atoms with E-state index in [1.54, 1.807) is 32.0 Å². The van der Waals surface area contributed by atoms with E-state index in [0.29, 0.717) is 22.8 Å². The first kappa shape index (κ1) is 14.8. The molecule has 1 N–H and O–H groups in total. The molecule has 0 aliphatic carbocycles. The molecule has 0 fully saturated rings. The van der Waals surface area contributed by atoms with Crippen molar-refractivity contribution in [1.82, 2.24) is 0 Å². The molecular weight excluding hydrogens is 272 g/mol. The van der Waals surface area contributed by atoms with Crippen LogP contribution in [0.25, 0.3) is 0 Å². The summed E-state index contributed by atoms with van der Waals surface area (Å²) < 4.78 is 23.2. The zero-order valence-corrected chi connectivity index (χ0v) is 11.8. The number of hydrogen-bond acceptors (Lipinski definition) is 4. The summed E-state index contributed by atoms with van der Waals surface area (Å²) in [6, 6.07) is 6.82. The number of halogens is 1. The Morgan fingerprint density at radius 2 is 2.11 bits per heavy atom. The van der Waals surface area contributed by atoms with Gasteiger partial charge in [-0.3, -0.25) is 0 Å². The number of anilines is 1. The fourth-order valence-electron chi connectivity index (χ4n) is 1.29. The molecule has 0 radical (unpaired) electrons. The summed E-state index contributed by atoms with van der Waals surface area (Å²) in [5, 5.41) is 11.7. The van der Waals surface area contributed by atoms with Crippen LogP contribution in [0.2, 0.25) is 5.02 Å². The van der Waals surface area contributed by atoms with Gasteiger partial charge in [-0.1, -0.05) is 11.6 Å². The summed E-state index contributed by atoms with van der Waals surface area (Å²) in [7, 11) is -3.05. The Hall–Kier alpha value is -1.25. The minimum absolute atomic E-state index is 0.0565. The molecule has 1 aromatic rings. The van der Waals surface area contributed by atoms with Gasteiger partial charge in [0.2, 0.25) is 0 Å². The third-order valence-corrected chi connectivity index (χ3v) is 5.04. The molecule has 0 saturated heterocycles. The maximum absolute atomic E-state index is 11.6. The minimum atomic E-state index is -3.05. The first-order valence-corrected chi connectivity index (χ1v) is 7.61. The molecule has 1 aromatic carbocycles. The molecule has 0 amide bonds. The molecule has 0 aliphatic rings. The SMILES string of the molecule is CC(C)S(=O)(=O)CCNc1ccc(C#N)cc1Cl. The Kier molecular flexibility index (Phi) is 5.00. The van der Waals surface area contributed by atoms with Crippen molar-refractivity contribution in [3.05, 3.63) is 28.8 Å². The van der Waals surface area contributed by atoms with E-state index in [1.165, 1.54) is 0 Å². The first-order chi connectivity index (χ1) is 8.36. The first-order valence-electron chi connectivity index (χ1n) is 5.52. The van der Waals surface area contributed by atoms with Gasteiger partial charge in [0.1, 0.15) is 0 Å². The highest BCUT2D eigenvalue weighted by atomic mass is 35.5. The molecule has 0 heterocycles. The van der Waals surface area contributed by atoms with Gasteiger partial charge in [0.25, 0.3) is 0 Å². The van der Waals surface area contributed by atoms with E-state index in [-0.39, 0.29) is 11.0 Å². The Morgan fingerprint density at radius 1 is 1.44 bits per heavy atom. The lowest BCUT2D eigenvalue weighted by Crippen LogP contribution is -2.23. The number of nitriles is 1. The predicted octanol–water partition coefficient (Wildman–Crippen LogP) is 2.45. The van der Waals surface area contributed by atoms with Gasteiger partial charge in [-0.15, -0.1) is 0 Å². The summed E-state index contributed by atoms with van der Waals surface area (Å²) in [4.78, 5) is 0. The lowest BCUT2D eigenvalue weighted by atomic mass is 10.2. The van der Waals surface area contributed by atoms with Crippen LogP contribution in [-0.2, 0) is 9.84 Å². The standard InChI is InChI=1S/C12H15ClN2O2S/c1-9(2)18(16,17)6-5-15-12-4-3-10(8-14)7-11(12)13/h3-4,7,9,15H,5-6H2,1-2H3. The van der Waals surface area contributed by atoms with Crippen molar-refractivity contribution >= 4 is 27.1 Å². The summed E-state index contributed by atoms with van der Waals surface area (Å²) in [5.41, 5.74) is 1.11. The van der Waals surface area contributed by atoms with Crippen molar-refractivity contribution in [2.45, 2.75) is 19.1 Å². The Balaban J connectivity index is 2.63. The highest BCUT2D eigenvalue weighted by Crippen LogP contribution is 2.22. The molecule has 0 atom stereocenters. The minimum Gasteiger partial charge on any atom is -0.383 e. The Morgan fingerprint density at radius 3 is 2.61 bits per heavy atom. The van der Waals surface area contributed by atoms with Gasteiger partial charge in [-0.25, -0.2) is 8.42 Å². The molecule has 18 heavy (non-hydrogen) atoms. The highest BCUT2D eigenvalue weighted by molar-refractivity contribution is 7.92. The second kappa shape index (κ2) is 6.07. The third-order valence-electron chi connectivity index (χ3n) is 2.52. The number of nitrogens with zero attached hydrogens (tertiary/aromatic N) is 1. The molecule has 0 aromatic heterocycles. The number of benzene rings is 1. The van der Waals surface area contributed by atoms with E-state index >= 15 is 0 Å². The Bertz CT molecular complexity index is 562. The largest absolute Gasteiger partial charge is 0.383 e. The molecule has 0 saturated carbocycles. The number of nitrogens with one attached hydrogen (secondary N) is 1. The second-order valence-corrected chi connectivity index (χ2v) is 7.23. The topological polar surface area (TPSA) is 70.0 Å². The van der Waals surface area contributed by atoms with Crippen LogP contribution in [0.3, 0.4) is 0 Å². The van der Waals surface area contributed by atoms with E-state index in [9.17, 15) is 8.42 Å². The van der Waals surface area contributed by atoms with Crippen molar-refractivity contribution in [3.8, 4) is 6.07 Å². The zero-order chi connectivity index (χ0) is 13.8. The van der Waals surface area contributed by atoms with E-state index in [2.05, 4.69) is 5.32 Å². The predicted molar refractivity (Wildman–Crippen MR) is 73.6 cm³/mol. The molecule has 0 bridgehead atoms. The second-order valence-electron chi connectivity index (χ2n) is 4.15. The molecule has 0 spiro atoms. The van der Waals surface area contributed by atoms with E-state index in [0.717, 1.165) is 0 Å². The molecule has 4 nitrogen and oxygen atoms in total. The van der Waals surface area contributed by atoms with Gasteiger partial charge in [0.05, 0.1) is 33.3 Å². The molecular formula is C12H15ClN2O2S.